The number of hydrogen-bond acceptors (Lipinski definition) is 4. The van der Waals surface area contributed by atoms with Crippen LogP contribution in [0.1, 0.15) is 20.8 Å². The third kappa shape index (κ3) is 6.99. The molecule has 4 heteroatoms. The van der Waals surface area contributed by atoms with Gasteiger partial charge in [0.1, 0.15) is 0 Å². The van der Waals surface area contributed by atoms with Crippen molar-refractivity contribution in [1.82, 2.24) is 9.80 Å². The average molecular weight is 244 g/mol. The molecule has 1 aliphatic rings. The summed E-state index contributed by atoms with van der Waals surface area (Å²) in [6.45, 7) is 12.6. The van der Waals surface area contributed by atoms with E-state index in [2.05, 4.69) is 37.6 Å². The molecule has 0 spiro atoms. The van der Waals surface area contributed by atoms with Crippen molar-refractivity contribution in [2.24, 2.45) is 5.41 Å². The lowest BCUT2D eigenvalue weighted by molar-refractivity contribution is -0.0117. The molecule has 1 N–H and O–H groups in total. The van der Waals surface area contributed by atoms with E-state index in [0.29, 0.717) is 13.2 Å². The summed E-state index contributed by atoms with van der Waals surface area (Å²) < 4.78 is 5.54. The molecule has 0 aromatic heterocycles. The van der Waals surface area contributed by atoms with E-state index in [1.165, 1.54) is 0 Å². The molecule has 0 aromatic carbocycles. The quantitative estimate of drug-likeness (QED) is 0.770. The maximum atomic E-state index is 9.88. The minimum atomic E-state index is -0.360. The number of hydrogen-bond donors (Lipinski definition) is 1. The lowest BCUT2D eigenvalue weighted by atomic mass is 9.99. The standard InChI is InChI=1S/C13H28N2O2/c1-13(2,3)11-17-10-12(16)9-15-7-5-14(4)6-8-15/h12,16H,5-11H2,1-4H3/t12-/m1/s1. The van der Waals surface area contributed by atoms with E-state index in [-0.39, 0.29) is 11.5 Å². The van der Waals surface area contributed by atoms with Gasteiger partial charge in [-0.15, -0.1) is 0 Å². The number of aliphatic hydroxyl groups is 1. The van der Waals surface area contributed by atoms with Gasteiger partial charge in [0, 0.05) is 32.7 Å². The van der Waals surface area contributed by atoms with Gasteiger partial charge in [-0.25, -0.2) is 0 Å². The Hall–Kier alpha value is -0.160. The van der Waals surface area contributed by atoms with Gasteiger partial charge in [-0.2, -0.15) is 0 Å². The Bertz CT molecular complexity index is 208. The van der Waals surface area contributed by atoms with Crippen LogP contribution in [-0.2, 0) is 4.74 Å². The largest absolute Gasteiger partial charge is 0.389 e. The Labute approximate surface area is 106 Å². The predicted molar refractivity (Wildman–Crippen MR) is 70.2 cm³/mol. The topological polar surface area (TPSA) is 35.9 Å². The van der Waals surface area contributed by atoms with Crippen LogP contribution in [0.25, 0.3) is 0 Å². The third-order valence-corrected chi connectivity index (χ3v) is 2.91. The molecule has 0 amide bonds. The van der Waals surface area contributed by atoms with Gasteiger partial charge in [-0.3, -0.25) is 4.90 Å². The van der Waals surface area contributed by atoms with Crippen molar-refractivity contribution in [1.29, 1.82) is 0 Å². The Morgan fingerprint density at radius 1 is 1.18 bits per heavy atom. The van der Waals surface area contributed by atoms with Crippen LogP contribution in [0.4, 0.5) is 0 Å². The number of nitrogens with zero attached hydrogens (tertiary/aromatic N) is 2. The molecule has 1 rings (SSSR count). The molecule has 4 nitrogen and oxygen atoms in total. The summed E-state index contributed by atoms with van der Waals surface area (Å²) in [5.74, 6) is 0. The second kappa shape index (κ2) is 6.69. The number of likely N-dealkylation sites (N-methyl/N-ethyl adjacent to an activating group) is 1. The highest BCUT2D eigenvalue weighted by atomic mass is 16.5. The molecular formula is C13H28N2O2. The summed E-state index contributed by atoms with van der Waals surface area (Å²) in [6.07, 6.45) is -0.360. The summed E-state index contributed by atoms with van der Waals surface area (Å²) >= 11 is 0. The molecule has 1 fully saturated rings. The lowest BCUT2D eigenvalue weighted by Gasteiger charge is -2.33. The van der Waals surface area contributed by atoms with Crippen LogP contribution in [0.2, 0.25) is 0 Å². The molecule has 0 aliphatic carbocycles. The molecule has 1 atom stereocenters. The summed E-state index contributed by atoms with van der Waals surface area (Å²) in [5.41, 5.74) is 0.174. The van der Waals surface area contributed by atoms with E-state index in [1.54, 1.807) is 0 Å². The zero-order valence-electron chi connectivity index (χ0n) is 11.8. The van der Waals surface area contributed by atoms with Gasteiger partial charge in [0.05, 0.1) is 19.3 Å². The maximum absolute atomic E-state index is 9.88. The second-order valence-electron chi connectivity index (χ2n) is 6.33. The van der Waals surface area contributed by atoms with E-state index in [4.69, 9.17) is 4.74 Å². The van der Waals surface area contributed by atoms with Gasteiger partial charge < -0.3 is 14.7 Å². The van der Waals surface area contributed by atoms with Crippen LogP contribution >= 0.6 is 0 Å². The fourth-order valence-electron chi connectivity index (χ4n) is 1.88. The smallest absolute Gasteiger partial charge is 0.0900 e. The van der Waals surface area contributed by atoms with Gasteiger partial charge in [0.25, 0.3) is 0 Å². The number of rotatable bonds is 5. The van der Waals surface area contributed by atoms with Crippen molar-refractivity contribution < 1.29 is 9.84 Å². The number of piperazine rings is 1. The summed E-state index contributed by atoms with van der Waals surface area (Å²) in [7, 11) is 2.14. The van der Waals surface area contributed by atoms with Crippen LogP contribution in [0, 0.1) is 5.41 Å². The van der Waals surface area contributed by atoms with Gasteiger partial charge in [-0.1, -0.05) is 20.8 Å². The molecule has 0 bridgehead atoms. The number of β-amino-alcohol motifs (C(OH)–C–C–N with tert-alkyl or cyclic N) is 1. The fourth-order valence-corrected chi connectivity index (χ4v) is 1.88. The first kappa shape index (κ1) is 14.9. The second-order valence-corrected chi connectivity index (χ2v) is 6.33. The monoisotopic (exact) mass is 244 g/mol. The highest BCUT2D eigenvalue weighted by Crippen LogP contribution is 2.13. The Morgan fingerprint density at radius 2 is 1.76 bits per heavy atom. The normalized spacial score (nSPS) is 21.7. The van der Waals surface area contributed by atoms with Crippen LogP contribution in [-0.4, -0.2) is 74.0 Å². The molecule has 1 aliphatic heterocycles. The van der Waals surface area contributed by atoms with E-state index in [1.807, 2.05) is 0 Å². The van der Waals surface area contributed by atoms with Crippen molar-refractivity contribution in [3.8, 4) is 0 Å². The first-order valence-corrected chi connectivity index (χ1v) is 6.53. The van der Waals surface area contributed by atoms with Gasteiger partial charge in [0.2, 0.25) is 0 Å². The Morgan fingerprint density at radius 3 is 2.29 bits per heavy atom. The summed E-state index contributed by atoms with van der Waals surface area (Å²) in [5, 5.41) is 9.88. The SMILES string of the molecule is CN1CCN(C[C@@H](O)COCC(C)(C)C)CC1. The minimum absolute atomic E-state index is 0.174. The summed E-state index contributed by atoms with van der Waals surface area (Å²) in [4.78, 5) is 4.63. The van der Waals surface area contributed by atoms with Crippen molar-refractivity contribution in [2.75, 3.05) is 53.0 Å². The third-order valence-electron chi connectivity index (χ3n) is 2.91. The van der Waals surface area contributed by atoms with Crippen molar-refractivity contribution >= 4 is 0 Å². The average Bonchev–Trinajstić information content (AvgIpc) is 2.19. The molecule has 0 saturated carbocycles. The molecule has 102 valence electrons. The van der Waals surface area contributed by atoms with E-state index in [9.17, 15) is 5.11 Å². The van der Waals surface area contributed by atoms with Gasteiger partial charge >= 0.3 is 0 Å². The molecule has 0 aromatic rings. The van der Waals surface area contributed by atoms with Crippen molar-refractivity contribution in [2.45, 2.75) is 26.9 Å². The predicted octanol–water partition coefficient (Wildman–Crippen LogP) is 0.657. The molecule has 1 heterocycles. The molecule has 0 radical (unpaired) electrons. The van der Waals surface area contributed by atoms with E-state index < -0.39 is 0 Å². The molecule has 17 heavy (non-hydrogen) atoms. The van der Waals surface area contributed by atoms with Gasteiger partial charge in [0.15, 0.2) is 0 Å². The zero-order chi connectivity index (χ0) is 12.9. The molecular weight excluding hydrogens is 216 g/mol. The van der Waals surface area contributed by atoms with Crippen molar-refractivity contribution in [3.05, 3.63) is 0 Å². The highest BCUT2D eigenvalue weighted by Gasteiger charge is 2.18. The van der Waals surface area contributed by atoms with Crippen LogP contribution < -0.4 is 0 Å². The van der Waals surface area contributed by atoms with Crippen LogP contribution in [0.5, 0.6) is 0 Å². The maximum Gasteiger partial charge on any atom is 0.0900 e. The molecule has 0 unspecified atom stereocenters. The number of aliphatic hydroxyl groups excluding tert-OH is 1. The molecule has 1 saturated heterocycles. The van der Waals surface area contributed by atoms with Crippen molar-refractivity contribution in [3.63, 3.8) is 0 Å². The first-order valence-electron chi connectivity index (χ1n) is 6.53. The van der Waals surface area contributed by atoms with E-state index in [0.717, 1.165) is 32.7 Å². The lowest BCUT2D eigenvalue weighted by Crippen LogP contribution is -2.47. The fraction of sp³-hybridized carbons (Fsp3) is 1.00. The van der Waals surface area contributed by atoms with Gasteiger partial charge in [-0.05, 0) is 12.5 Å². The van der Waals surface area contributed by atoms with E-state index >= 15 is 0 Å². The first-order chi connectivity index (χ1) is 7.87. The Kier molecular flexibility index (Phi) is 5.86. The summed E-state index contributed by atoms with van der Waals surface area (Å²) in [6, 6.07) is 0. The zero-order valence-corrected chi connectivity index (χ0v) is 11.8. The minimum Gasteiger partial charge on any atom is -0.389 e. The van der Waals surface area contributed by atoms with Crippen LogP contribution in [0.3, 0.4) is 0 Å². The van der Waals surface area contributed by atoms with Crippen LogP contribution in [0.15, 0.2) is 0 Å². The highest BCUT2D eigenvalue weighted by molar-refractivity contribution is 4.72. The Balaban J connectivity index is 2.10. The number of ether oxygens (including phenoxy) is 1.